The van der Waals surface area contributed by atoms with Gasteiger partial charge in [-0.3, -0.25) is 0 Å². The summed E-state index contributed by atoms with van der Waals surface area (Å²) in [6, 6.07) is 4.05. The fraction of sp³-hybridized carbons (Fsp3) is 0.385. The van der Waals surface area contributed by atoms with Crippen molar-refractivity contribution in [2.24, 2.45) is 0 Å². The van der Waals surface area contributed by atoms with Crippen molar-refractivity contribution in [3.8, 4) is 11.5 Å². The lowest BCUT2D eigenvalue weighted by Gasteiger charge is -2.31. The van der Waals surface area contributed by atoms with E-state index in [0.717, 1.165) is 17.2 Å². The second kappa shape index (κ2) is 2.94. The van der Waals surface area contributed by atoms with Crippen LogP contribution in [0.4, 0.5) is 5.69 Å². The summed E-state index contributed by atoms with van der Waals surface area (Å²) in [5.41, 5.74) is 3.48. The summed E-state index contributed by atoms with van der Waals surface area (Å²) < 4.78 is 10.9. The van der Waals surface area contributed by atoms with E-state index in [0.29, 0.717) is 6.79 Å². The predicted molar refractivity (Wildman–Crippen MR) is 63.9 cm³/mol. The Balaban J connectivity index is 2.22. The van der Waals surface area contributed by atoms with Gasteiger partial charge in [0.1, 0.15) is 0 Å². The van der Waals surface area contributed by atoms with E-state index in [1.807, 2.05) is 6.07 Å². The average Bonchev–Trinajstić information content (AvgIpc) is 2.63. The van der Waals surface area contributed by atoms with Crippen molar-refractivity contribution in [1.82, 2.24) is 0 Å². The van der Waals surface area contributed by atoms with Crippen LogP contribution in [-0.2, 0) is 0 Å². The number of ether oxygens (including phenoxy) is 2. The van der Waals surface area contributed by atoms with E-state index in [1.165, 1.54) is 11.1 Å². The average molecular weight is 217 g/mol. The van der Waals surface area contributed by atoms with Crippen LogP contribution in [0.2, 0.25) is 0 Å². The summed E-state index contributed by atoms with van der Waals surface area (Å²) in [5, 5.41) is 3.49. The maximum Gasteiger partial charge on any atom is 0.231 e. The molecule has 0 bridgehead atoms. The van der Waals surface area contributed by atoms with E-state index in [-0.39, 0.29) is 5.54 Å². The number of fused-ring (bicyclic) bond motifs is 3. The molecule has 0 atom stereocenters. The van der Waals surface area contributed by atoms with Crippen LogP contribution in [-0.4, -0.2) is 12.3 Å². The largest absolute Gasteiger partial charge is 0.454 e. The molecule has 0 radical (unpaired) electrons. The van der Waals surface area contributed by atoms with E-state index in [4.69, 9.17) is 9.47 Å². The highest BCUT2D eigenvalue weighted by atomic mass is 16.7. The number of benzene rings is 1. The molecule has 1 aromatic rings. The van der Waals surface area contributed by atoms with Crippen LogP contribution in [0.3, 0.4) is 0 Å². The third-order valence-corrected chi connectivity index (χ3v) is 2.99. The van der Waals surface area contributed by atoms with Crippen molar-refractivity contribution in [3.63, 3.8) is 0 Å². The molecule has 3 nitrogen and oxygen atoms in total. The van der Waals surface area contributed by atoms with Gasteiger partial charge < -0.3 is 14.8 Å². The predicted octanol–water partition coefficient (Wildman–Crippen LogP) is 3.02. The van der Waals surface area contributed by atoms with Gasteiger partial charge in [0.2, 0.25) is 6.79 Å². The summed E-state index contributed by atoms with van der Waals surface area (Å²) in [5.74, 6) is 1.68. The lowest BCUT2D eigenvalue weighted by molar-refractivity contribution is 0.174. The molecule has 0 saturated carbocycles. The lowest BCUT2D eigenvalue weighted by Crippen LogP contribution is -2.31. The molecule has 0 spiro atoms. The molecule has 3 rings (SSSR count). The van der Waals surface area contributed by atoms with Crippen LogP contribution in [0.1, 0.15) is 26.3 Å². The summed E-state index contributed by atoms with van der Waals surface area (Å²) in [6.45, 7) is 6.74. The number of nitrogens with one attached hydrogen (secondary N) is 1. The van der Waals surface area contributed by atoms with Gasteiger partial charge in [-0.05, 0) is 38.5 Å². The quantitative estimate of drug-likeness (QED) is 0.724. The minimum atomic E-state index is -0.0435. The Labute approximate surface area is 95.1 Å². The zero-order chi connectivity index (χ0) is 11.3. The normalized spacial score (nSPS) is 19.8. The zero-order valence-electron chi connectivity index (χ0n) is 9.76. The molecule has 84 valence electrons. The standard InChI is InChI=1S/C13H15NO2/c1-8-6-13(2,3)14-11-9(8)4-5-10-12(11)16-7-15-10/h4-6,14H,7H2,1-3H3. The summed E-state index contributed by atoms with van der Waals surface area (Å²) in [4.78, 5) is 0. The molecule has 16 heavy (non-hydrogen) atoms. The van der Waals surface area contributed by atoms with Gasteiger partial charge in [0.15, 0.2) is 11.5 Å². The van der Waals surface area contributed by atoms with Gasteiger partial charge in [-0.15, -0.1) is 0 Å². The summed E-state index contributed by atoms with van der Waals surface area (Å²) in [7, 11) is 0. The lowest BCUT2D eigenvalue weighted by atomic mass is 9.91. The molecule has 0 aliphatic carbocycles. The molecule has 2 heterocycles. The fourth-order valence-electron chi connectivity index (χ4n) is 2.40. The van der Waals surface area contributed by atoms with Crippen LogP contribution in [0, 0.1) is 0 Å². The molecular weight excluding hydrogens is 202 g/mol. The molecule has 1 aromatic carbocycles. The van der Waals surface area contributed by atoms with E-state index in [2.05, 4.69) is 38.2 Å². The maximum atomic E-state index is 5.53. The van der Waals surface area contributed by atoms with Crippen molar-refractivity contribution < 1.29 is 9.47 Å². The second-order valence-corrected chi connectivity index (χ2v) is 4.90. The van der Waals surface area contributed by atoms with Gasteiger partial charge >= 0.3 is 0 Å². The van der Waals surface area contributed by atoms with Gasteiger partial charge in [-0.25, -0.2) is 0 Å². The molecule has 0 aromatic heterocycles. The number of rotatable bonds is 0. The first-order valence-electron chi connectivity index (χ1n) is 5.47. The van der Waals surface area contributed by atoms with E-state index >= 15 is 0 Å². The van der Waals surface area contributed by atoms with Crippen LogP contribution in [0.5, 0.6) is 11.5 Å². The first-order valence-corrected chi connectivity index (χ1v) is 5.47. The zero-order valence-corrected chi connectivity index (χ0v) is 9.76. The highest BCUT2D eigenvalue weighted by Crippen LogP contribution is 2.46. The van der Waals surface area contributed by atoms with Gasteiger partial charge in [-0.1, -0.05) is 6.08 Å². The smallest absolute Gasteiger partial charge is 0.231 e. The van der Waals surface area contributed by atoms with Crippen LogP contribution >= 0.6 is 0 Å². The third kappa shape index (κ3) is 1.28. The molecule has 0 fully saturated rings. The second-order valence-electron chi connectivity index (χ2n) is 4.90. The van der Waals surface area contributed by atoms with Crippen molar-refractivity contribution in [2.45, 2.75) is 26.3 Å². The van der Waals surface area contributed by atoms with Crippen LogP contribution in [0.15, 0.2) is 18.2 Å². The summed E-state index contributed by atoms with van der Waals surface area (Å²) in [6.07, 6.45) is 2.23. The number of allylic oxidation sites excluding steroid dienone is 1. The van der Waals surface area contributed by atoms with Crippen molar-refractivity contribution in [2.75, 3.05) is 12.1 Å². The number of hydrogen-bond donors (Lipinski definition) is 1. The van der Waals surface area contributed by atoms with E-state index in [9.17, 15) is 0 Å². The van der Waals surface area contributed by atoms with Crippen molar-refractivity contribution >= 4 is 11.3 Å². The highest BCUT2D eigenvalue weighted by molar-refractivity contribution is 5.85. The molecule has 0 amide bonds. The Bertz CT molecular complexity index is 489. The molecule has 0 saturated heterocycles. The third-order valence-electron chi connectivity index (χ3n) is 2.99. The maximum absolute atomic E-state index is 5.53. The minimum absolute atomic E-state index is 0.0435. The van der Waals surface area contributed by atoms with Gasteiger partial charge in [0, 0.05) is 5.56 Å². The Morgan fingerprint density at radius 1 is 1.25 bits per heavy atom. The first kappa shape index (κ1) is 9.58. The Hall–Kier alpha value is -1.64. The first-order chi connectivity index (χ1) is 7.57. The van der Waals surface area contributed by atoms with E-state index in [1.54, 1.807) is 0 Å². The molecule has 2 aliphatic heterocycles. The molecular formula is C13H15NO2. The van der Waals surface area contributed by atoms with Crippen LogP contribution in [0.25, 0.3) is 5.57 Å². The highest BCUT2D eigenvalue weighted by Gasteiger charge is 2.29. The van der Waals surface area contributed by atoms with Gasteiger partial charge in [-0.2, -0.15) is 0 Å². The Kier molecular flexibility index (Phi) is 1.76. The van der Waals surface area contributed by atoms with Gasteiger partial charge in [0.05, 0.1) is 11.2 Å². The van der Waals surface area contributed by atoms with Crippen LogP contribution < -0.4 is 14.8 Å². The molecule has 2 aliphatic rings. The number of hydrogen-bond acceptors (Lipinski definition) is 3. The Morgan fingerprint density at radius 3 is 2.88 bits per heavy atom. The minimum Gasteiger partial charge on any atom is -0.454 e. The molecule has 0 unspecified atom stereocenters. The van der Waals surface area contributed by atoms with Crippen molar-refractivity contribution in [3.05, 3.63) is 23.8 Å². The molecule has 1 N–H and O–H groups in total. The Morgan fingerprint density at radius 2 is 2.06 bits per heavy atom. The van der Waals surface area contributed by atoms with E-state index < -0.39 is 0 Å². The summed E-state index contributed by atoms with van der Waals surface area (Å²) >= 11 is 0. The van der Waals surface area contributed by atoms with Crippen molar-refractivity contribution in [1.29, 1.82) is 0 Å². The SMILES string of the molecule is CC1=CC(C)(C)Nc2c1ccc1c2OCO1. The van der Waals surface area contributed by atoms with Gasteiger partial charge in [0.25, 0.3) is 0 Å². The topological polar surface area (TPSA) is 30.5 Å². The monoisotopic (exact) mass is 217 g/mol. The fourth-order valence-corrected chi connectivity index (χ4v) is 2.40. The molecule has 3 heteroatoms. The number of anilines is 1.